The molecule has 37 heavy (non-hydrogen) atoms. The van der Waals surface area contributed by atoms with Crippen LogP contribution in [0, 0.1) is 0 Å². The van der Waals surface area contributed by atoms with E-state index in [2.05, 4.69) is 15.2 Å². The average molecular weight is 513 g/mol. The van der Waals surface area contributed by atoms with Crippen molar-refractivity contribution in [3.05, 3.63) is 66.0 Å². The normalized spacial score (nSPS) is 14.7. The van der Waals surface area contributed by atoms with Gasteiger partial charge < -0.3 is 19.4 Å². The van der Waals surface area contributed by atoms with E-state index in [-0.39, 0.29) is 0 Å². The molecule has 1 aliphatic heterocycles. The lowest BCUT2D eigenvalue weighted by molar-refractivity contribution is -0.137. The standard InChI is InChI=1S/C26H27F3N6O2/c1-36-21-8-4-19(5-9-21)23-32-24(30-10-11-34-12-14-37-15-13-34)22-25(33-23)35(17-31-22)16-18-2-6-20(7-3-18)26(27,28)29/h2-9,17H,10-16H2,1H3,(H,30,32,33). The van der Waals surface area contributed by atoms with Gasteiger partial charge in [-0.1, -0.05) is 12.1 Å². The van der Waals surface area contributed by atoms with Crippen LogP contribution in [0.25, 0.3) is 22.6 Å². The zero-order valence-corrected chi connectivity index (χ0v) is 20.3. The second-order valence-corrected chi connectivity index (χ2v) is 8.74. The quantitative estimate of drug-likeness (QED) is 0.377. The van der Waals surface area contributed by atoms with Gasteiger partial charge in [0.15, 0.2) is 17.3 Å². The Morgan fingerprint density at radius 2 is 1.73 bits per heavy atom. The zero-order chi connectivity index (χ0) is 25.8. The van der Waals surface area contributed by atoms with Crippen LogP contribution in [0.5, 0.6) is 5.75 Å². The Labute approximate surface area is 212 Å². The number of alkyl halides is 3. The molecule has 1 N–H and O–H groups in total. The summed E-state index contributed by atoms with van der Waals surface area (Å²) in [6.07, 6.45) is -2.73. The summed E-state index contributed by atoms with van der Waals surface area (Å²) >= 11 is 0. The number of aromatic nitrogens is 4. The minimum Gasteiger partial charge on any atom is -0.497 e. The molecule has 1 saturated heterocycles. The first-order valence-corrected chi connectivity index (χ1v) is 12.0. The number of nitrogens with zero attached hydrogens (tertiary/aromatic N) is 5. The molecule has 0 unspecified atom stereocenters. The number of hydrogen-bond donors (Lipinski definition) is 1. The highest BCUT2D eigenvalue weighted by Gasteiger charge is 2.30. The third kappa shape index (κ3) is 5.83. The smallest absolute Gasteiger partial charge is 0.416 e. The van der Waals surface area contributed by atoms with Crippen molar-refractivity contribution in [1.29, 1.82) is 0 Å². The number of benzene rings is 2. The van der Waals surface area contributed by atoms with Gasteiger partial charge in [0.1, 0.15) is 11.3 Å². The Bertz CT molecular complexity index is 1330. The number of anilines is 1. The molecule has 1 aliphatic rings. The first-order valence-electron chi connectivity index (χ1n) is 12.0. The second kappa shape index (κ2) is 10.7. The van der Waals surface area contributed by atoms with Crippen LogP contribution in [-0.4, -0.2) is 70.9 Å². The van der Waals surface area contributed by atoms with Gasteiger partial charge in [-0.2, -0.15) is 13.2 Å². The van der Waals surface area contributed by atoms with Crippen LogP contribution < -0.4 is 10.1 Å². The van der Waals surface area contributed by atoms with E-state index in [1.54, 1.807) is 13.4 Å². The van der Waals surface area contributed by atoms with E-state index in [0.717, 1.165) is 56.3 Å². The summed E-state index contributed by atoms with van der Waals surface area (Å²) < 4.78 is 51.4. The molecular weight excluding hydrogens is 485 g/mol. The van der Waals surface area contributed by atoms with E-state index < -0.39 is 11.7 Å². The number of fused-ring (bicyclic) bond motifs is 1. The lowest BCUT2D eigenvalue weighted by Gasteiger charge is -2.26. The van der Waals surface area contributed by atoms with Crippen molar-refractivity contribution in [3.63, 3.8) is 0 Å². The van der Waals surface area contributed by atoms with Gasteiger partial charge in [0.2, 0.25) is 0 Å². The number of hydrogen-bond acceptors (Lipinski definition) is 7. The van der Waals surface area contributed by atoms with E-state index in [9.17, 15) is 13.2 Å². The van der Waals surface area contributed by atoms with Gasteiger partial charge in [-0.25, -0.2) is 15.0 Å². The summed E-state index contributed by atoms with van der Waals surface area (Å²) in [5, 5.41) is 3.41. The molecule has 0 spiro atoms. The van der Waals surface area contributed by atoms with E-state index in [1.165, 1.54) is 12.1 Å². The van der Waals surface area contributed by atoms with Crippen LogP contribution in [-0.2, 0) is 17.5 Å². The van der Waals surface area contributed by atoms with Crippen molar-refractivity contribution < 1.29 is 22.6 Å². The minimum atomic E-state index is -4.37. The maximum atomic E-state index is 13.0. The molecule has 5 rings (SSSR count). The van der Waals surface area contributed by atoms with E-state index in [1.807, 2.05) is 28.8 Å². The predicted molar refractivity (Wildman–Crippen MR) is 134 cm³/mol. The van der Waals surface area contributed by atoms with Crippen LogP contribution in [0.2, 0.25) is 0 Å². The van der Waals surface area contributed by atoms with Gasteiger partial charge in [-0.05, 0) is 42.0 Å². The fraction of sp³-hybridized carbons (Fsp3) is 0.346. The minimum absolute atomic E-state index is 0.320. The largest absolute Gasteiger partial charge is 0.497 e. The topological polar surface area (TPSA) is 77.3 Å². The summed E-state index contributed by atoms with van der Waals surface area (Å²) in [5.41, 5.74) is 2.03. The molecule has 2 aromatic carbocycles. The molecular formula is C26H27F3N6O2. The number of rotatable bonds is 8. The van der Waals surface area contributed by atoms with Gasteiger partial charge in [-0.3, -0.25) is 4.90 Å². The van der Waals surface area contributed by atoms with Crippen molar-refractivity contribution in [2.45, 2.75) is 12.7 Å². The number of nitrogens with one attached hydrogen (secondary N) is 1. The first kappa shape index (κ1) is 25.0. The molecule has 3 heterocycles. The summed E-state index contributed by atoms with van der Waals surface area (Å²) in [5.74, 6) is 1.84. The van der Waals surface area contributed by atoms with Crippen LogP contribution in [0.15, 0.2) is 54.9 Å². The number of halogens is 3. The lowest BCUT2D eigenvalue weighted by atomic mass is 10.1. The van der Waals surface area contributed by atoms with Gasteiger partial charge in [-0.15, -0.1) is 0 Å². The monoisotopic (exact) mass is 512 g/mol. The van der Waals surface area contributed by atoms with Gasteiger partial charge in [0, 0.05) is 31.7 Å². The molecule has 0 amide bonds. The number of morpholine rings is 1. The molecule has 0 bridgehead atoms. The van der Waals surface area contributed by atoms with Crippen molar-refractivity contribution in [3.8, 4) is 17.1 Å². The summed E-state index contributed by atoms with van der Waals surface area (Å²) in [4.78, 5) is 16.4. The highest BCUT2D eigenvalue weighted by molar-refractivity contribution is 5.85. The Morgan fingerprint density at radius 1 is 1.00 bits per heavy atom. The summed E-state index contributed by atoms with van der Waals surface area (Å²) in [7, 11) is 1.61. The lowest BCUT2D eigenvalue weighted by Crippen LogP contribution is -2.39. The molecule has 11 heteroatoms. The third-order valence-electron chi connectivity index (χ3n) is 6.27. The fourth-order valence-corrected chi connectivity index (χ4v) is 4.21. The number of imidazole rings is 1. The SMILES string of the molecule is COc1ccc(-c2nc(NCCN3CCOCC3)c3ncn(Cc4ccc(C(F)(F)F)cc4)c3n2)cc1. The van der Waals surface area contributed by atoms with E-state index >= 15 is 0 Å². The summed E-state index contributed by atoms with van der Waals surface area (Å²) in [6.45, 7) is 5.06. The van der Waals surface area contributed by atoms with Crippen LogP contribution in [0.1, 0.15) is 11.1 Å². The zero-order valence-electron chi connectivity index (χ0n) is 20.3. The Balaban J connectivity index is 1.45. The maximum Gasteiger partial charge on any atom is 0.416 e. The van der Waals surface area contributed by atoms with Crippen molar-refractivity contribution >= 4 is 17.0 Å². The molecule has 4 aromatic rings. The first-order chi connectivity index (χ1) is 17.9. The maximum absolute atomic E-state index is 13.0. The molecule has 0 atom stereocenters. The molecule has 0 saturated carbocycles. The Kier molecular flexibility index (Phi) is 7.24. The van der Waals surface area contributed by atoms with Crippen LogP contribution >= 0.6 is 0 Å². The molecule has 0 radical (unpaired) electrons. The highest BCUT2D eigenvalue weighted by Crippen LogP contribution is 2.30. The van der Waals surface area contributed by atoms with Gasteiger partial charge in [0.05, 0.1) is 38.8 Å². The van der Waals surface area contributed by atoms with Gasteiger partial charge >= 0.3 is 6.18 Å². The van der Waals surface area contributed by atoms with E-state index in [0.29, 0.717) is 41.5 Å². The Morgan fingerprint density at radius 3 is 2.41 bits per heavy atom. The number of methoxy groups -OCH3 is 1. The number of ether oxygens (including phenoxy) is 2. The van der Waals surface area contributed by atoms with E-state index in [4.69, 9.17) is 19.4 Å². The van der Waals surface area contributed by atoms with Crippen LogP contribution in [0.4, 0.5) is 19.0 Å². The molecule has 194 valence electrons. The van der Waals surface area contributed by atoms with Gasteiger partial charge in [0.25, 0.3) is 0 Å². The predicted octanol–water partition coefficient (Wildman–Crippen LogP) is 4.31. The van der Waals surface area contributed by atoms with Crippen molar-refractivity contribution in [2.75, 3.05) is 51.8 Å². The summed E-state index contributed by atoms with van der Waals surface area (Å²) in [6, 6.07) is 12.6. The van der Waals surface area contributed by atoms with Crippen molar-refractivity contribution in [1.82, 2.24) is 24.4 Å². The van der Waals surface area contributed by atoms with Crippen LogP contribution in [0.3, 0.4) is 0 Å². The highest BCUT2D eigenvalue weighted by atomic mass is 19.4. The second-order valence-electron chi connectivity index (χ2n) is 8.74. The molecule has 0 aliphatic carbocycles. The Hall–Kier alpha value is -3.70. The molecule has 8 nitrogen and oxygen atoms in total. The van der Waals surface area contributed by atoms with Crippen molar-refractivity contribution in [2.24, 2.45) is 0 Å². The molecule has 2 aromatic heterocycles. The fourth-order valence-electron chi connectivity index (χ4n) is 4.21. The average Bonchev–Trinajstić information content (AvgIpc) is 3.32. The third-order valence-corrected chi connectivity index (χ3v) is 6.27. The molecule has 1 fully saturated rings.